The van der Waals surface area contributed by atoms with Gasteiger partial charge in [0.25, 0.3) is 0 Å². The van der Waals surface area contributed by atoms with Crippen molar-refractivity contribution in [1.82, 2.24) is 9.78 Å². The smallest absolute Gasteiger partial charge is 0.0679 e. The Kier molecular flexibility index (Phi) is 4.04. The molecule has 0 radical (unpaired) electrons. The zero-order chi connectivity index (χ0) is 15.7. The number of nitrogens with zero attached hydrogens (tertiary/aromatic N) is 2. The van der Waals surface area contributed by atoms with Gasteiger partial charge in [0.1, 0.15) is 0 Å². The van der Waals surface area contributed by atoms with E-state index >= 15 is 0 Å². The van der Waals surface area contributed by atoms with Crippen LogP contribution < -0.4 is 0 Å². The lowest BCUT2D eigenvalue weighted by Crippen LogP contribution is -1.99. The molecule has 0 saturated carbocycles. The molecular weight excluding hydrogens is 292 g/mol. The van der Waals surface area contributed by atoms with Crippen molar-refractivity contribution in [2.24, 2.45) is 0 Å². The highest BCUT2D eigenvalue weighted by Gasteiger charge is 2.14. The summed E-state index contributed by atoms with van der Waals surface area (Å²) in [5.41, 5.74) is 6.93. The fourth-order valence-corrected chi connectivity index (χ4v) is 2.93. The van der Waals surface area contributed by atoms with E-state index in [2.05, 4.69) is 38.1 Å². The minimum absolute atomic E-state index is 0.751. The second-order valence-corrected chi connectivity index (χ2v) is 5.92. The van der Waals surface area contributed by atoms with Crippen LogP contribution in [0.3, 0.4) is 0 Å². The van der Waals surface area contributed by atoms with Crippen molar-refractivity contribution in [3.05, 3.63) is 70.5 Å². The van der Waals surface area contributed by atoms with Gasteiger partial charge in [0.2, 0.25) is 0 Å². The van der Waals surface area contributed by atoms with E-state index in [1.54, 1.807) is 0 Å². The molecule has 3 heteroatoms. The maximum atomic E-state index is 5.99. The number of aryl methyl sites for hydroxylation is 2. The van der Waals surface area contributed by atoms with Gasteiger partial charge in [-0.2, -0.15) is 5.10 Å². The minimum Gasteiger partial charge on any atom is -0.237 e. The molecule has 1 aromatic heterocycles. The average Bonchev–Trinajstić information content (AvgIpc) is 2.83. The third kappa shape index (κ3) is 2.67. The van der Waals surface area contributed by atoms with Crippen molar-refractivity contribution in [3.63, 3.8) is 0 Å². The Morgan fingerprint density at radius 1 is 0.955 bits per heavy atom. The molecule has 0 bridgehead atoms. The van der Waals surface area contributed by atoms with E-state index in [1.165, 1.54) is 11.1 Å². The molecule has 0 fully saturated rings. The predicted molar refractivity (Wildman–Crippen MR) is 92.9 cm³/mol. The lowest BCUT2D eigenvalue weighted by molar-refractivity contribution is 0.833. The second-order valence-electron chi connectivity index (χ2n) is 5.48. The van der Waals surface area contributed by atoms with Crippen LogP contribution in [0.1, 0.15) is 23.9 Å². The maximum Gasteiger partial charge on any atom is 0.0679 e. The van der Waals surface area contributed by atoms with Crippen molar-refractivity contribution in [1.29, 1.82) is 0 Å². The fraction of sp³-hybridized carbons (Fsp3) is 0.211. The molecule has 22 heavy (non-hydrogen) atoms. The van der Waals surface area contributed by atoms with Gasteiger partial charge in [-0.1, -0.05) is 42.8 Å². The molecule has 0 saturated heterocycles. The van der Waals surface area contributed by atoms with Gasteiger partial charge >= 0.3 is 0 Å². The summed E-state index contributed by atoms with van der Waals surface area (Å²) in [6.45, 7) is 6.32. The fourth-order valence-electron chi connectivity index (χ4n) is 2.80. The second kappa shape index (κ2) is 5.98. The Morgan fingerprint density at radius 2 is 1.59 bits per heavy atom. The first-order valence-electron chi connectivity index (χ1n) is 7.51. The average molecular weight is 311 g/mol. The van der Waals surface area contributed by atoms with Gasteiger partial charge in [0.05, 0.1) is 11.4 Å². The first-order chi connectivity index (χ1) is 10.6. The number of aromatic nitrogens is 2. The van der Waals surface area contributed by atoms with Gasteiger partial charge < -0.3 is 0 Å². The van der Waals surface area contributed by atoms with E-state index in [9.17, 15) is 0 Å². The van der Waals surface area contributed by atoms with E-state index in [0.29, 0.717) is 0 Å². The summed E-state index contributed by atoms with van der Waals surface area (Å²) in [4.78, 5) is 0. The zero-order valence-corrected chi connectivity index (χ0v) is 13.9. The highest BCUT2D eigenvalue weighted by atomic mass is 35.5. The molecule has 0 aliphatic heterocycles. The highest BCUT2D eigenvalue weighted by Crippen LogP contribution is 2.29. The SMILES string of the molecule is CCc1ccc(-n2nc(C)c(-c3ccc(Cl)cc3)c2C)cc1. The van der Waals surface area contributed by atoms with Crippen molar-refractivity contribution >= 4 is 11.6 Å². The molecule has 0 aliphatic carbocycles. The molecule has 3 rings (SSSR count). The first kappa shape index (κ1) is 14.9. The van der Waals surface area contributed by atoms with Gasteiger partial charge in [-0.15, -0.1) is 0 Å². The van der Waals surface area contributed by atoms with Gasteiger partial charge in [0.15, 0.2) is 0 Å². The van der Waals surface area contributed by atoms with Crippen LogP contribution in [0.5, 0.6) is 0 Å². The molecular formula is C19H19ClN2. The Hall–Kier alpha value is -2.06. The van der Waals surface area contributed by atoms with Crippen LogP contribution in [0, 0.1) is 13.8 Å². The van der Waals surface area contributed by atoms with Crippen molar-refractivity contribution < 1.29 is 0 Å². The van der Waals surface area contributed by atoms with Crippen molar-refractivity contribution in [2.45, 2.75) is 27.2 Å². The number of benzene rings is 2. The maximum absolute atomic E-state index is 5.99. The van der Waals surface area contributed by atoms with Gasteiger partial charge in [-0.25, -0.2) is 4.68 Å². The molecule has 112 valence electrons. The summed E-state index contributed by atoms with van der Waals surface area (Å²) >= 11 is 5.99. The lowest BCUT2D eigenvalue weighted by atomic mass is 10.0. The number of hydrogen-bond acceptors (Lipinski definition) is 1. The van der Waals surface area contributed by atoms with E-state index < -0.39 is 0 Å². The summed E-state index contributed by atoms with van der Waals surface area (Å²) in [7, 11) is 0. The summed E-state index contributed by atoms with van der Waals surface area (Å²) < 4.78 is 2.01. The third-order valence-corrected chi connectivity index (χ3v) is 4.27. The molecule has 0 atom stereocenters. The van der Waals surface area contributed by atoms with Crippen molar-refractivity contribution in [3.8, 4) is 16.8 Å². The van der Waals surface area contributed by atoms with Crippen LogP contribution in [0.25, 0.3) is 16.8 Å². The molecule has 0 amide bonds. The summed E-state index contributed by atoms with van der Waals surface area (Å²) in [6.07, 6.45) is 1.05. The van der Waals surface area contributed by atoms with Crippen molar-refractivity contribution in [2.75, 3.05) is 0 Å². The monoisotopic (exact) mass is 310 g/mol. The highest BCUT2D eigenvalue weighted by molar-refractivity contribution is 6.30. The van der Waals surface area contributed by atoms with Gasteiger partial charge in [-0.3, -0.25) is 0 Å². The largest absolute Gasteiger partial charge is 0.237 e. The van der Waals surface area contributed by atoms with E-state index in [1.807, 2.05) is 35.9 Å². The van der Waals surface area contributed by atoms with Crippen LogP contribution in [0.15, 0.2) is 48.5 Å². The first-order valence-corrected chi connectivity index (χ1v) is 7.89. The molecule has 0 spiro atoms. The van der Waals surface area contributed by atoms with E-state index in [4.69, 9.17) is 16.7 Å². The van der Waals surface area contributed by atoms with E-state index in [-0.39, 0.29) is 0 Å². The Morgan fingerprint density at radius 3 is 2.18 bits per heavy atom. The molecule has 1 heterocycles. The van der Waals surface area contributed by atoms with Crippen LogP contribution in [0.4, 0.5) is 0 Å². The normalized spacial score (nSPS) is 10.9. The topological polar surface area (TPSA) is 17.8 Å². The molecule has 2 aromatic carbocycles. The predicted octanol–water partition coefficient (Wildman–Crippen LogP) is 5.37. The van der Waals surface area contributed by atoms with E-state index in [0.717, 1.165) is 34.1 Å². The summed E-state index contributed by atoms with van der Waals surface area (Å²) in [5.74, 6) is 0. The number of halogens is 1. The Bertz CT molecular complexity index is 784. The minimum atomic E-state index is 0.751. The quantitative estimate of drug-likeness (QED) is 0.635. The molecule has 0 N–H and O–H groups in total. The number of hydrogen-bond donors (Lipinski definition) is 0. The molecule has 3 aromatic rings. The lowest BCUT2D eigenvalue weighted by Gasteiger charge is -2.07. The standard InChI is InChI=1S/C19H19ClN2/c1-4-15-5-11-18(12-6-15)22-14(3)19(13(2)21-22)16-7-9-17(20)10-8-16/h5-12H,4H2,1-3H3. The molecule has 0 aliphatic rings. The summed E-state index contributed by atoms with van der Waals surface area (Å²) in [5, 5.41) is 5.47. The number of rotatable bonds is 3. The van der Waals surface area contributed by atoms with Crippen LogP contribution in [0.2, 0.25) is 5.02 Å². The van der Waals surface area contributed by atoms with Crippen LogP contribution in [-0.4, -0.2) is 9.78 Å². The van der Waals surface area contributed by atoms with Gasteiger partial charge in [-0.05, 0) is 55.7 Å². The van der Waals surface area contributed by atoms with Crippen LogP contribution in [-0.2, 0) is 6.42 Å². The zero-order valence-electron chi connectivity index (χ0n) is 13.1. The summed E-state index contributed by atoms with van der Waals surface area (Å²) in [6, 6.07) is 16.5. The Labute approximate surface area is 136 Å². The third-order valence-electron chi connectivity index (χ3n) is 4.01. The molecule has 0 unspecified atom stereocenters. The van der Waals surface area contributed by atoms with Crippen LogP contribution >= 0.6 is 11.6 Å². The Balaban J connectivity index is 2.07. The molecule has 2 nitrogen and oxygen atoms in total. The van der Waals surface area contributed by atoms with Gasteiger partial charge in [0, 0.05) is 16.3 Å².